The minimum absolute atomic E-state index is 0.142. The Morgan fingerprint density at radius 3 is 2.00 bits per heavy atom. The average molecular weight is 421 g/mol. The summed E-state index contributed by atoms with van der Waals surface area (Å²) < 4.78 is 1.96. The molecule has 30 heavy (non-hydrogen) atoms. The third-order valence-corrected chi connectivity index (χ3v) is 6.79. The van der Waals surface area contributed by atoms with Gasteiger partial charge in [-0.3, -0.25) is 9.69 Å². The van der Waals surface area contributed by atoms with Gasteiger partial charge < -0.3 is 9.47 Å². The molecule has 1 fully saturated rings. The molecule has 1 unspecified atom stereocenters. The Balaban J connectivity index is 1.43. The first-order chi connectivity index (χ1) is 14.6. The van der Waals surface area contributed by atoms with Gasteiger partial charge in [-0.2, -0.15) is 0 Å². The first-order valence-electron chi connectivity index (χ1n) is 10.4. The normalized spacial score (nSPS) is 16.0. The van der Waals surface area contributed by atoms with Crippen molar-refractivity contribution in [1.29, 1.82) is 0 Å². The van der Waals surface area contributed by atoms with Gasteiger partial charge in [0, 0.05) is 45.6 Å². The zero-order valence-electron chi connectivity index (χ0n) is 17.5. The van der Waals surface area contributed by atoms with Crippen LogP contribution in [0.3, 0.4) is 0 Å². The Labute approximate surface area is 182 Å². The summed E-state index contributed by atoms with van der Waals surface area (Å²) in [5, 5.41) is 0.736. The van der Waals surface area contributed by atoms with Crippen LogP contribution in [0.15, 0.2) is 78.2 Å². The molecule has 3 aromatic rings. The maximum atomic E-state index is 13.0. The predicted molar refractivity (Wildman–Crippen MR) is 121 cm³/mol. The summed E-state index contributed by atoms with van der Waals surface area (Å²) in [6.07, 6.45) is 3.68. The lowest BCUT2D eigenvalue weighted by molar-refractivity contribution is -0.132. The van der Waals surface area contributed by atoms with Crippen molar-refractivity contribution >= 4 is 17.7 Å². The van der Waals surface area contributed by atoms with Crippen LogP contribution in [0.4, 0.5) is 0 Å². The van der Waals surface area contributed by atoms with Crippen molar-refractivity contribution in [2.24, 2.45) is 7.05 Å². The van der Waals surface area contributed by atoms with Gasteiger partial charge in [0.05, 0.1) is 11.3 Å². The number of carbonyl (C=O) groups is 1. The van der Waals surface area contributed by atoms with Crippen LogP contribution in [-0.4, -0.2) is 56.7 Å². The van der Waals surface area contributed by atoms with Gasteiger partial charge in [0.2, 0.25) is 5.91 Å². The summed E-state index contributed by atoms with van der Waals surface area (Å²) in [4.78, 5) is 21.8. The summed E-state index contributed by atoms with van der Waals surface area (Å²) in [7, 11) is 1.96. The third kappa shape index (κ3) is 4.60. The molecule has 1 atom stereocenters. The molecule has 0 aliphatic carbocycles. The number of benzene rings is 2. The quantitative estimate of drug-likeness (QED) is 0.568. The number of aromatic nitrogens is 2. The molecule has 156 valence electrons. The number of aryl methyl sites for hydroxylation is 1. The van der Waals surface area contributed by atoms with Gasteiger partial charge in [0.25, 0.3) is 0 Å². The lowest BCUT2D eigenvalue weighted by Crippen LogP contribution is -2.51. The van der Waals surface area contributed by atoms with E-state index in [4.69, 9.17) is 0 Å². The first kappa shape index (κ1) is 20.7. The van der Waals surface area contributed by atoms with Gasteiger partial charge in [-0.15, -0.1) is 0 Å². The Morgan fingerprint density at radius 1 is 0.933 bits per heavy atom. The molecule has 4 rings (SSSR count). The molecule has 1 aliphatic heterocycles. The number of hydrogen-bond donors (Lipinski definition) is 0. The molecule has 0 spiro atoms. The molecule has 1 aromatic heterocycles. The van der Waals surface area contributed by atoms with Gasteiger partial charge >= 0.3 is 0 Å². The van der Waals surface area contributed by atoms with E-state index >= 15 is 0 Å². The average Bonchev–Trinajstić information content (AvgIpc) is 3.19. The number of carbonyl (C=O) groups excluding carboxylic acids is 1. The molecule has 0 radical (unpaired) electrons. The van der Waals surface area contributed by atoms with Gasteiger partial charge in [0.15, 0.2) is 5.16 Å². The van der Waals surface area contributed by atoms with Crippen molar-refractivity contribution in [3.63, 3.8) is 0 Å². The van der Waals surface area contributed by atoms with E-state index in [-0.39, 0.29) is 17.2 Å². The Morgan fingerprint density at radius 2 is 1.50 bits per heavy atom. The van der Waals surface area contributed by atoms with E-state index in [0.717, 1.165) is 31.3 Å². The number of thioether (sulfide) groups is 1. The fourth-order valence-corrected chi connectivity index (χ4v) is 4.93. The molecule has 6 heteroatoms. The first-order valence-corrected chi connectivity index (χ1v) is 11.3. The van der Waals surface area contributed by atoms with Gasteiger partial charge in [-0.25, -0.2) is 4.98 Å². The monoisotopic (exact) mass is 420 g/mol. The van der Waals surface area contributed by atoms with Crippen LogP contribution in [-0.2, 0) is 11.8 Å². The molecule has 0 N–H and O–H groups in total. The fraction of sp³-hybridized carbons (Fsp3) is 0.333. The van der Waals surface area contributed by atoms with E-state index in [1.54, 1.807) is 6.20 Å². The van der Waals surface area contributed by atoms with E-state index < -0.39 is 0 Å². The highest BCUT2D eigenvalue weighted by molar-refractivity contribution is 8.00. The third-order valence-electron chi connectivity index (χ3n) is 5.63. The minimum Gasteiger partial charge on any atom is -0.339 e. The van der Waals surface area contributed by atoms with E-state index in [2.05, 4.69) is 70.5 Å². The molecule has 1 saturated heterocycles. The van der Waals surface area contributed by atoms with Crippen LogP contribution < -0.4 is 0 Å². The molecule has 2 heterocycles. The molecule has 0 saturated carbocycles. The number of piperazine rings is 1. The number of rotatable bonds is 6. The second kappa shape index (κ2) is 9.49. The lowest BCUT2D eigenvalue weighted by atomic mass is 9.96. The largest absolute Gasteiger partial charge is 0.339 e. The van der Waals surface area contributed by atoms with Crippen molar-refractivity contribution in [1.82, 2.24) is 19.4 Å². The highest BCUT2D eigenvalue weighted by Gasteiger charge is 2.30. The second-order valence-corrected chi connectivity index (χ2v) is 8.97. The summed E-state index contributed by atoms with van der Waals surface area (Å²) in [5.74, 6) is 0.193. The number of nitrogens with zero attached hydrogens (tertiary/aromatic N) is 4. The number of hydrogen-bond acceptors (Lipinski definition) is 4. The Hall–Kier alpha value is -2.57. The summed E-state index contributed by atoms with van der Waals surface area (Å²) >= 11 is 1.53. The van der Waals surface area contributed by atoms with Crippen LogP contribution in [0.2, 0.25) is 0 Å². The topological polar surface area (TPSA) is 41.4 Å². The van der Waals surface area contributed by atoms with Crippen LogP contribution in [0.5, 0.6) is 0 Å². The van der Waals surface area contributed by atoms with Crippen molar-refractivity contribution in [3.8, 4) is 0 Å². The van der Waals surface area contributed by atoms with E-state index in [9.17, 15) is 4.79 Å². The minimum atomic E-state index is -0.142. The predicted octanol–water partition coefficient (Wildman–Crippen LogP) is 3.83. The number of imidazole rings is 1. The summed E-state index contributed by atoms with van der Waals surface area (Å²) in [5.41, 5.74) is 2.59. The Bertz CT molecular complexity index is 912. The van der Waals surface area contributed by atoms with Gasteiger partial charge in [-0.1, -0.05) is 72.4 Å². The zero-order chi connectivity index (χ0) is 20.9. The maximum absolute atomic E-state index is 13.0. The van der Waals surface area contributed by atoms with Crippen molar-refractivity contribution in [2.75, 3.05) is 26.2 Å². The van der Waals surface area contributed by atoms with Crippen LogP contribution >= 0.6 is 11.8 Å². The standard InChI is InChI=1S/C24H28N4OS/c1-19(30-24-25-13-14-26(24)2)23(29)28-17-15-27(16-18-28)22(20-9-5-3-6-10-20)21-11-7-4-8-12-21/h3-14,19,22H,15-18H2,1-2H3. The lowest BCUT2D eigenvalue weighted by Gasteiger charge is -2.40. The maximum Gasteiger partial charge on any atom is 0.235 e. The molecular weight excluding hydrogens is 392 g/mol. The zero-order valence-corrected chi connectivity index (χ0v) is 18.3. The van der Waals surface area contributed by atoms with Crippen molar-refractivity contribution in [2.45, 2.75) is 23.4 Å². The Kier molecular flexibility index (Phi) is 6.55. The molecule has 2 aromatic carbocycles. The van der Waals surface area contributed by atoms with Crippen molar-refractivity contribution in [3.05, 3.63) is 84.2 Å². The molecule has 1 aliphatic rings. The molecular formula is C24H28N4OS. The smallest absolute Gasteiger partial charge is 0.235 e. The summed E-state index contributed by atoms with van der Waals surface area (Å²) in [6, 6.07) is 21.5. The molecule has 1 amide bonds. The van der Waals surface area contributed by atoms with Crippen LogP contribution in [0.1, 0.15) is 24.1 Å². The highest BCUT2D eigenvalue weighted by Crippen LogP contribution is 2.30. The fourth-order valence-electron chi connectivity index (χ4n) is 4.02. The van der Waals surface area contributed by atoms with Gasteiger partial charge in [0.1, 0.15) is 0 Å². The van der Waals surface area contributed by atoms with Crippen LogP contribution in [0, 0.1) is 0 Å². The summed E-state index contributed by atoms with van der Waals surface area (Å²) in [6.45, 7) is 5.20. The van der Waals surface area contributed by atoms with E-state index in [1.165, 1.54) is 22.9 Å². The van der Waals surface area contributed by atoms with Crippen LogP contribution in [0.25, 0.3) is 0 Å². The van der Waals surface area contributed by atoms with Gasteiger partial charge in [-0.05, 0) is 18.1 Å². The highest BCUT2D eigenvalue weighted by atomic mass is 32.2. The molecule has 0 bridgehead atoms. The van der Waals surface area contributed by atoms with E-state index in [0.29, 0.717) is 0 Å². The second-order valence-electron chi connectivity index (χ2n) is 7.67. The number of amides is 1. The SMILES string of the molecule is CC(Sc1nccn1C)C(=O)N1CCN(C(c2ccccc2)c2ccccc2)CC1. The van der Waals surface area contributed by atoms with Crippen molar-refractivity contribution < 1.29 is 4.79 Å². The molecule has 5 nitrogen and oxygen atoms in total. The van der Waals surface area contributed by atoms with E-state index in [1.807, 2.05) is 29.6 Å².